The van der Waals surface area contributed by atoms with Gasteiger partial charge in [-0.2, -0.15) is 4.31 Å². The lowest BCUT2D eigenvalue weighted by molar-refractivity contribution is 0.0600. The summed E-state index contributed by atoms with van der Waals surface area (Å²) in [5.74, 6) is -1.05. The van der Waals surface area contributed by atoms with E-state index in [1.165, 1.54) is 43.5 Å². The Balaban J connectivity index is 2.11. The molecule has 0 aliphatic heterocycles. The molecule has 0 amide bonds. The molecular formula is C28H23FN2O6S. The number of hydrogen-bond donors (Lipinski definition) is 0. The Morgan fingerprint density at radius 1 is 1.08 bits per heavy atom. The summed E-state index contributed by atoms with van der Waals surface area (Å²) in [6.45, 7) is 8.52. The minimum Gasteiger partial charge on any atom is -0.465 e. The number of carbonyl (C=O) groups excluding carboxylic acids is 2. The van der Waals surface area contributed by atoms with E-state index in [2.05, 4.69) is 4.85 Å². The highest BCUT2D eigenvalue weighted by Gasteiger charge is 2.28. The van der Waals surface area contributed by atoms with Crippen molar-refractivity contribution in [1.29, 1.82) is 0 Å². The lowest BCUT2D eigenvalue weighted by Gasteiger charge is -2.20. The van der Waals surface area contributed by atoms with Crippen molar-refractivity contribution in [3.05, 3.63) is 89.0 Å². The summed E-state index contributed by atoms with van der Waals surface area (Å²) in [7, 11) is -2.67. The fourth-order valence-corrected chi connectivity index (χ4v) is 4.96. The number of hydrogen-bond acceptors (Lipinski definition) is 6. The first-order chi connectivity index (χ1) is 18.1. The molecule has 0 aliphatic carbocycles. The van der Waals surface area contributed by atoms with Crippen molar-refractivity contribution in [3.8, 4) is 22.5 Å². The normalized spacial score (nSPS) is 11.2. The van der Waals surface area contributed by atoms with Gasteiger partial charge < -0.3 is 9.15 Å². The summed E-state index contributed by atoms with van der Waals surface area (Å²) < 4.78 is 50.9. The smallest absolute Gasteiger partial charge is 0.337 e. The van der Waals surface area contributed by atoms with E-state index in [0.717, 1.165) is 10.6 Å². The van der Waals surface area contributed by atoms with Gasteiger partial charge in [-0.1, -0.05) is 19.1 Å². The van der Waals surface area contributed by atoms with Gasteiger partial charge in [0.2, 0.25) is 10.0 Å². The number of methoxy groups -OCH3 is 1. The van der Waals surface area contributed by atoms with E-state index in [4.69, 9.17) is 15.7 Å². The molecule has 3 aromatic carbocycles. The van der Waals surface area contributed by atoms with Crippen LogP contribution in [0.4, 0.5) is 10.1 Å². The third-order valence-electron chi connectivity index (χ3n) is 5.98. The SMILES string of the molecule is [C-]#[N+]CN(c1cc2oc(-c3ccc(F)cc3)c(C(=O)CC)c2cc1-c1cccc(C(=O)OC)c1)S(C)(=O)=O. The molecule has 0 aliphatic rings. The predicted molar refractivity (Wildman–Crippen MR) is 142 cm³/mol. The van der Waals surface area contributed by atoms with Gasteiger partial charge in [0.05, 0.1) is 30.2 Å². The number of ether oxygens (including phenoxy) is 1. The first kappa shape index (κ1) is 26.6. The van der Waals surface area contributed by atoms with Gasteiger partial charge in [0.1, 0.15) is 17.2 Å². The number of halogens is 1. The fourth-order valence-electron chi connectivity index (χ4n) is 4.18. The van der Waals surface area contributed by atoms with Gasteiger partial charge in [-0.25, -0.2) is 24.2 Å². The average Bonchev–Trinajstić information content (AvgIpc) is 3.28. The summed E-state index contributed by atoms with van der Waals surface area (Å²) in [4.78, 5) is 28.6. The third-order valence-corrected chi connectivity index (χ3v) is 7.09. The van der Waals surface area contributed by atoms with E-state index in [9.17, 15) is 22.4 Å². The number of furan rings is 1. The molecule has 0 atom stereocenters. The highest BCUT2D eigenvalue weighted by atomic mass is 32.2. The van der Waals surface area contributed by atoms with E-state index in [1.54, 1.807) is 31.2 Å². The maximum atomic E-state index is 13.6. The standard InChI is InChI=1S/C28H23FN2O6S/c1-5-24(32)26-22-14-21(18-7-6-8-19(13-18)28(33)36-3)23(31(16-30-2)38(4,34)35)15-25(22)37-27(26)17-9-11-20(29)12-10-17/h6-15H,5,16H2,1,3-4H3. The first-order valence-electron chi connectivity index (χ1n) is 11.5. The van der Waals surface area contributed by atoms with Crippen LogP contribution in [0.25, 0.3) is 38.3 Å². The minimum atomic E-state index is -3.91. The highest BCUT2D eigenvalue weighted by molar-refractivity contribution is 7.92. The number of rotatable bonds is 8. The molecule has 10 heteroatoms. The number of fused-ring (bicyclic) bond motifs is 1. The van der Waals surface area contributed by atoms with E-state index < -0.39 is 28.5 Å². The number of anilines is 1. The number of benzene rings is 3. The van der Waals surface area contributed by atoms with Gasteiger partial charge in [0.15, 0.2) is 5.78 Å². The van der Waals surface area contributed by atoms with Crippen LogP contribution in [-0.2, 0) is 14.8 Å². The number of carbonyl (C=O) groups is 2. The minimum absolute atomic E-state index is 0.132. The third kappa shape index (κ3) is 5.01. The molecule has 0 unspecified atom stereocenters. The monoisotopic (exact) mass is 534 g/mol. The number of nitrogens with zero attached hydrogens (tertiary/aromatic N) is 2. The van der Waals surface area contributed by atoms with Gasteiger partial charge in [-0.05, 0) is 48.0 Å². The molecule has 4 rings (SSSR count). The zero-order valence-corrected chi connectivity index (χ0v) is 21.6. The highest BCUT2D eigenvalue weighted by Crippen LogP contribution is 2.42. The van der Waals surface area contributed by atoms with E-state index in [0.29, 0.717) is 22.1 Å². The van der Waals surface area contributed by atoms with Gasteiger partial charge in [0.25, 0.3) is 0 Å². The Morgan fingerprint density at radius 3 is 2.39 bits per heavy atom. The summed E-state index contributed by atoms with van der Waals surface area (Å²) in [6.07, 6.45) is 1.14. The molecule has 0 bridgehead atoms. The largest absolute Gasteiger partial charge is 0.465 e. The maximum absolute atomic E-state index is 13.6. The van der Waals surface area contributed by atoms with Gasteiger partial charge >= 0.3 is 12.6 Å². The van der Waals surface area contributed by atoms with Crippen LogP contribution in [0.2, 0.25) is 0 Å². The molecule has 0 saturated heterocycles. The van der Waals surface area contributed by atoms with Gasteiger partial charge in [-0.15, -0.1) is 0 Å². The zero-order chi connectivity index (χ0) is 27.6. The second-order valence-electron chi connectivity index (χ2n) is 8.44. The van der Waals surface area contributed by atoms with Crippen molar-refractivity contribution >= 4 is 38.4 Å². The molecular weight excluding hydrogens is 511 g/mol. The second-order valence-corrected chi connectivity index (χ2v) is 10.3. The van der Waals surface area contributed by atoms with Gasteiger partial charge in [-0.3, -0.25) is 9.64 Å². The number of Topliss-reactive ketones (excluding diaryl/α,β-unsaturated/α-hetero) is 1. The Morgan fingerprint density at radius 2 is 1.79 bits per heavy atom. The molecule has 4 aromatic rings. The summed E-state index contributed by atoms with van der Waals surface area (Å²) in [6, 6.07) is 14.9. The van der Waals surface area contributed by atoms with Crippen molar-refractivity contribution in [2.75, 3.05) is 24.3 Å². The van der Waals surface area contributed by atoms with Crippen LogP contribution in [0.1, 0.15) is 34.1 Å². The van der Waals surface area contributed by atoms with Crippen molar-refractivity contribution in [2.45, 2.75) is 13.3 Å². The summed E-state index contributed by atoms with van der Waals surface area (Å²) >= 11 is 0. The Labute approximate surface area is 219 Å². The first-order valence-corrected chi connectivity index (χ1v) is 13.3. The van der Waals surface area contributed by atoms with E-state index in [1.807, 2.05) is 0 Å². The summed E-state index contributed by atoms with van der Waals surface area (Å²) in [5.41, 5.74) is 2.13. The molecule has 0 fully saturated rings. The molecule has 8 nitrogen and oxygen atoms in total. The Bertz CT molecular complexity index is 1700. The van der Waals surface area contributed by atoms with Crippen molar-refractivity contribution < 1.29 is 31.6 Å². The maximum Gasteiger partial charge on any atom is 0.337 e. The zero-order valence-electron chi connectivity index (χ0n) is 20.8. The van der Waals surface area contributed by atoms with Crippen molar-refractivity contribution in [1.82, 2.24) is 0 Å². The van der Waals surface area contributed by atoms with Crippen molar-refractivity contribution in [3.63, 3.8) is 0 Å². The Kier molecular flexibility index (Phi) is 7.32. The summed E-state index contributed by atoms with van der Waals surface area (Å²) in [5, 5.41) is 0.412. The molecule has 1 heterocycles. The number of ketones is 1. The molecule has 0 saturated carbocycles. The predicted octanol–water partition coefficient (Wildman–Crippen LogP) is 5.93. The van der Waals surface area contributed by atoms with Crippen LogP contribution in [0.5, 0.6) is 0 Å². The Hall–Kier alpha value is -4.49. The van der Waals surface area contributed by atoms with Crippen LogP contribution in [0.15, 0.2) is 65.1 Å². The van der Waals surface area contributed by atoms with E-state index in [-0.39, 0.29) is 40.4 Å². The fraction of sp³-hybridized carbons (Fsp3) is 0.179. The quantitative estimate of drug-likeness (QED) is 0.158. The van der Waals surface area contributed by atoms with Crippen LogP contribution in [0, 0.1) is 12.4 Å². The topological polar surface area (TPSA) is 98.2 Å². The van der Waals surface area contributed by atoms with Crippen LogP contribution < -0.4 is 4.31 Å². The number of esters is 1. The molecule has 38 heavy (non-hydrogen) atoms. The van der Waals surface area contributed by atoms with Crippen molar-refractivity contribution in [2.24, 2.45) is 0 Å². The lowest BCUT2D eigenvalue weighted by Crippen LogP contribution is -2.29. The second kappa shape index (κ2) is 10.5. The molecule has 0 N–H and O–H groups in total. The van der Waals surface area contributed by atoms with Crippen LogP contribution in [-0.4, -0.2) is 40.2 Å². The molecule has 194 valence electrons. The molecule has 0 spiro atoms. The van der Waals surface area contributed by atoms with Crippen LogP contribution >= 0.6 is 0 Å². The lowest BCUT2D eigenvalue weighted by atomic mass is 9.95. The number of sulfonamides is 1. The van der Waals surface area contributed by atoms with Crippen LogP contribution in [0.3, 0.4) is 0 Å². The average molecular weight is 535 g/mol. The molecule has 0 radical (unpaired) electrons. The van der Waals surface area contributed by atoms with Gasteiger partial charge in [0, 0.05) is 29.0 Å². The van der Waals surface area contributed by atoms with E-state index >= 15 is 0 Å². The molecule has 1 aromatic heterocycles.